The lowest BCUT2D eigenvalue weighted by atomic mass is 9.93. The lowest BCUT2D eigenvalue weighted by molar-refractivity contribution is -0.136. The van der Waals surface area contributed by atoms with E-state index in [1.165, 1.54) is 0 Å². The standard InChI is InChI=1S/C21H26N4O3/c1-2-7-21(8-9-22-13-21)23-11-14-3-4-15-12-25(20(28)16(15)10-14)17-5-6-18(26)24-19(17)27/h2-4,10,17,22-23H,1,5-9,11-13H2,(H,24,26,27). The number of hydrogen-bond donors (Lipinski definition) is 3. The molecule has 7 nitrogen and oxygen atoms in total. The summed E-state index contributed by atoms with van der Waals surface area (Å²) in [6.45, 7) is 6.86. The van der Waals surface area contributed by atoms with Crippen molar-refractivity contribution in [2.75, 3.05) is 13.1 Å². The molecule has 3 N–H and O–H groups in total. The van der Waals surface area contributed by atoms with E-state index >= 15 is 0 Å². The molecular formula is C21H26N4O3. The molecule has 3 aliphatic heterocycles. The largest absolute Gasteiger partial charge is 0.322 e. The molecule has 0 aliphatic carbocycles. The summed E-state index contributed by atoms with van der Waals surface area (Å²) in [4.78, 5) is 38.0. The van der Waals surface area contributed by atoms with Gasteiger partial charge in [-0.2, -0.15) is 0 Å². The Kier molecular flexibility index (Phi) is 5.03. The molecule has 0 bridgehead atoms. The van der Waals surface area contributed by atoms with E-state index in [0.717, 1.165) is 37.1 Å². The molecule has 3 amide bonds. The van der Waals surface area contributed by atoms with Crippen molar-refractivity contribution in [3.63, 3.8) is 0 Å². The van der Waals surface area contributed by atoms with Crippen LogP contribution in [0.25, 0.3) is 0 Å². The zero-order valence-corrected chi connectivity index (χ0v) is 15.9. The van der Waals surface area contributed by atoms with Crippen LogP contribution in [-0.2, 0) is 22.7 Å². The van der Waals surface area contributed by atoms with E-state index in [2.05, 4.69) is 22.5 Å². The van der Waals surface area contributed by atoms with E-state index in [0.29, 0.717) is 25.1 Å². The van der Waals surface area contributed by atoms with Crippen LogP contribution >= 0.6 is 0 Å². The molecule has 2 unspecified atom stereocenters. The molecule has 0 aromatic heterocycles. The summed E-state index contributed by atoms with van der Waals surface area (Å²) in [5, 5.41) is 9.38. The Bertz CT molecular complexity index is 829. The van der Waals surface area contributed by atoms with Crippen molar-refractivity contribution in [3.05, 3.63) is 47.5 Å². The molecule has 1 aromatic rings. The van der Waals surface area contributed by atoms with Gasteiger partial charge in [-0.15, -0.1) is 6.58 Å². The molecule has 28 heavy (non-hydrogen) atoms. The fraction of sp³-hybridized carbons (Fsp3) is 0.476. The van der Waals surface area contributed by atoms with E-state index in [1.807, 2.05) is 24.3 Å². The number of rotatable bonds is 6. The zero-order chi connectivity index (χ0) is 19.7. The smallest absolute Gasteiger partial charge is 0.255 e. The highest BCUT2D eigenvalue weighted by atomic mass is 16.2. The molecule has 3 heterocycles. The number of carbonyl (C=O) groups excluding carboxylic acids is 3. The van der Waals surface area contributed by atoms with Crippen molar-refractivity contribution in [2.24, 2.45) is 0 Å². The van der Waals surface area contributed by atoms with Gasteiger partial charge in [-0.25, -0.2) is 0 Å². The SMILES string of the molecule is C=CCC1(NCc2ccc3c(c2)C(=O)N(C2CCC(=O)NC2=O)C3)CCNC1. The van der Waals surface area contributed by atoms with Crippen LogP contribution in [0.15, 0.2) is 30.9 Å². The fourth-order valence-corrected chi connectivity index (χ4v) is 4.42. The minimum absolute atomic E-state index is 0.0174. The summed E-state index contributed by atoms with van der Waals surface area (Å²) in [6.07, 6.45) is 4.55. The second-order valence-electron chi connectivity index (χ2n) is 7.94. The number of piperidine rings is 1. The van der Waals surface area contributed by atoms with Crippen molar-refractivity contribution in [3.8, 4) is 0 Å². The number of hydrogen-bond acceptors (Lipinski definition) is 5. The van der Waals surface area contributed by atoms with Crippen molar-refractivity contribution in [2.45, 2.75) is 50.4 Å². The van der Waals surface area contributed by atoms with Crippen LogP contribution in [0.2, 0.25) is 0 Å². The third-order valence-electron chi connectivity index (χ3n) is 6.04. The van der Waals surface area contributed by atoms with Gasteiger partial charge in [-0.05, 0) is 43.0 Å². The van der Waals surface area contributed by atoms with Crippen LogP contribution < -0.4 is 16.0 Å². The predicted molar refractivity (Wildman–Crippen MR) is 104 cm³/mol. The summed E-state index contributed by atoms with van der Waals surface area (Å²) in [7, 11) is 0. The molecule has 2 atom stereocenters. The predicted octanol–water partition coefficient (Wildman–Crippen LogP) is 0.845. The average molecular weight is 382 g/mol. The van der Waals surface area contributed by atoms with Gasteiger partial charge in [-0.3, -0.25) is 19.7 Å². The molecule has 7 heteroatoms. The van der Waals surface area contributed by atoms with Crippen molar-refractivity contribution < 1.29 is 14.4 Å². The molecule has 2 fully saturated rings. The molecule has 3 aliphatic rings. The molecule has 0 saturated carbocycles. The van der Waals surface area contributed by atoms with Crippen LogP contribution in [0.3, 0.4) is 0 Å². The summed E-state index contributed by atoms with van der Waals surface area (Å²) < 4.78 is 0. The third-order valence-corrected chi connectivity index (χ3v) is 6.04. The van der Waals surface area contributed by atoms with E-state index < -0.39 is 6.04 Å². The number of nitrogens with one attached hydrogen (secondary N) is 3. The topological polar surface area (TPSA) is 90.5 Å². The number of nitrogens with zero attached hydrogens (tertiary/aromatic N) is 1. The Hall–Kier alpha value is -2.51. The van der Waals surface area contributed by atoms with Gasteiger partial charge in [0.25, 0.3) is 5.91 Å². The van der Waals surface area contributed by atoms with E-state index in [4.69, 9.17) is 0 Å². The quantitative estimate of drug-likeness (QED) is 0.501. The number of fused-ring (bicyclic) bond motifs is 1. The lowest BCUT2D eigenvalue weighted by Crippen LogP contribution is -2.52. The normalized spacial score (nSPS) is 27.1. The van der Waals surface area contributed by atoms with Gasteiger partial charge in [0.15, 0.2) is 0 Å². The zero-order valence-electron chi connectivity index (χ0n) is 15.9. The van der Waals surface area contributed by atoms with Gasteiger partial charge >= 0.3 is 0 Å². The average Bonchev–Trinajstić information content (AvgIpc) is 3.26. The monoisotopic (exact) mass is 382 g/mol. The van der Waals surface area contributed by atoms with E-state index in [1.54, 1.807) is 4.90 Å². The Labute approximate surface area is 164 Å². The maximum atomic E-state index is 12.9. The van der Waals surface area contributed by atoms with Gasteiger partial charge in [0.1, 0.15) is 6.04 Å². The molecule has 1 aromatic carbocycles. The first-order chi connectivity index (χ1) is 13.5. The van der Waals surface area contributed by atoms with Crippen molar-refractivity contribution in [1.82, 2.24) is 20.9 Å². The number of carbonyl (C=O) groups is 3. The minimum atomic E-state index is -0.570. The summed E-state index contributed by atoms with van der Waals surface area (Å²) in [5.74, 6) is -0.775. The molecular weight excluding hydrogens is 356 g/mol. The van der Waals surface area contributed by atoms with Crippen molar-refractivity contribution >= 4 is 17.7 Å². The maximum absolute atomic E-state index is 12.9. The maximum Gasteiger partial charge on any atom is 0.255 e. The van der Waals surface area contributed by atoms with Crippen LogP contribution in [-0.4, -0.2) is 47.3 Å². The van der Waals surface area contributed by atoms with Crippen LogP contribution in [0.4, 0.5) is 0 Å². The van der Waals surface area contributed by atoms with Gasteiger partial charge in [0.05, 0.1) is 0 Å². The number of imide groups is 1. The summed E-state index contributed by atoms with van der Waals surface area (Å²) >= 11 is 0. The third kappa shape index (κ3) is 3.47. The molecule has 4 rings (SSSR count). The van der Waals surface area contributed by atoms with Gasteiger partial charge in [0.2, 0.25) is 11.8 Å². The lowest BCUT2D eigenvalue weighted by Gasteiger charge is -2.29. The number of amides is 3. The highest BCUT2D eigenvalue weighted by Gasteiger charge is 2.39. The second kappa shape index (κ2) is 7.48. The van der Waals surface area contributed by atoms with Gasteiger partial charge in [0, 0.05) is 37.2 Å². The van der Waals surface area contributed by atoms with Crippen LogP contribution in [0, 0.1) is 0 Å². The van der Waals surface area contributed by atoms with Gasteiger partial charge in [-0.1, -0.05) is 18.2 Å². The Morgan fingerprint density at radius 1 is 1.32 bits per heavy atom. The molecule has 0 spiro atoms. The van der Waals surface area contributed by atoms with Crippen molar-refractivity contribution in [1.29, 1.82) is 0 Å². The first kappa shape index (κ1) is 18.8. The number of benzene rings is 1. The van der Waals surface area contributed by atoms with E-state index in [-0.39, 0.29) is 29.7 Å². The second-order valence-corrected chi connectivity index (χ2v) is 7.94. The highest BCUT2D eigenvalue weighted by molar-refractivity contribution is 6.05. The summed E-state index contributed by atoms with van der Waals surface area (Å²) in [5.41, 5.74) is 2.66. The first-order valence-corrected chi connectivity index (χ1v) is 9.84. The summed E-state index contributed by atoms with van der Waals surface area (Å²) in [6, 6.07) is 5.38. The van der Waals surface area contributed by atoms with Crippen LogP contribution in [0.5, 0.6) is 0 Å². The Morgan fingerprint density at radius 3 is 2.89 bits per heavy atom. The van der Waals surface area contributed by atoms with Gasteiger partial charge < -0.3 is 15.5 Å². The fourth-order valence-electron chi connectivity index (χ4n) is 4.42. The highest BCUT2D eigenvalue weighted by Crippen LogP contribution is 2.28. The Morgan fingerprint density at radius 2 is 2.18 bits per heavy atom. The minimum Gasteiger partial charge on any atom is -0.322 e. The molecule has 148 valence electrons. The van der Waals surface area contributed by atoms with Crippen LogP contribution in [0.1, 0.15) is 47.2 Å². The van der Waals surface area contributed by atoms with E-state index in [9.17, 15) is 14.4 Å². The first-order valence-electron chi connectivity index (χ1n) is 9.84. The molecule has 0 radical (unpaired) electrons. The molecule has 2 saturated heterocycles. The Balaban J connectivity index is 1.46.